The molecule has 0 bridgehead atoms. The van der Waals surface area contributed by atoms with Gasteiger partial charge >= 0.3 is 0 Å². The molecule has 0 saturated heterocycles. The minimum Gasteiger partial charge on any atom is -0.337 e. The van der Waals surface area contributed by atoms with Crippen molar-refractivity contribution in [3.05, 3.63) is 75.8 Å². The van der Waals surface area contributed by atoms with Gasteiger partial charge in [-0.3, -0.25) is 14.6 Å². The number of hydrogen-bond acceptors (Lipinski definition) is 5. The predicted octanol–water partition coefficient (Wildman–Crippen LogP) is 1.49. The molecule has 0 fully saturated rings. The molecular weight excluding hydrogens is 349 g/mol. The highest BCUT2D eigenvalue weighted by atomic mass is 19.1. The Labute approximate surface area is 153 Å². The van der Waals surface area contributed by atoms with Crippen LogP contribution in [0.1, 0.15) is 16.8 Å². The molecule has 136 valence electrons. The maximum atomic E-state index is 13.8. The largest absolute Gasteiger partial charge is 0.337 e. The van der Waals surface area contributed by atoms with Gasteiger partial charge in [0.15, 0.2) is 5.82 Å². The highest BCUT2D eigenvalue weighted by Crippen LogP contribution is 2.18. The molecule has 8 heteroatoms. The van der Waals surface area contributed by atoms with Crippen molar-refractivity contribution in [1.82, 2.24) is 24.8 Å². The lowest BCUT2D eigenvalue weighted by atomic mass is 10.0. The number of benzene rings is 1. The molecule has 0 aliphatic carbocycles. The van der Waals surface area contributed by atoms with Gasteiger partial charge in [-0.2, -0.15) is 0 Å². The average molecular weight is 365 g/mol. The average Bonchev–Trinajstić information content (AvgIpc) is 2.70. The van der Waals surface area contributed by atoms with Crippen LogP contribution in [0.4, 0.5) is 4.39 Å². The van der Waals surface area contributed by atoms with E-state index in [1.54, 1.807) is 29.3 Å². The van der Waals surface area contributed by atoms with E-state index in [4.69, 9.17) is 0 Å². The van der Waals surface area contributed by atoms with Gasteiger partial charge in [-0.15, -0.1) is 0 Å². The first-order chi connectivity index (χ1) is 13.1. The molecule has 2 aromatic heterocycles. The van der Waals surface area contributed by atoms with E-state index in [1.807, 2.05) is 0 Å². The van der Waals surface area contributed by atoms with E-state index in [9.17, 15) is 14.0 Å². The summed E-state index contributed by atoms with van der Waals surface area (Å²) in [4.78, 5) is 41.9. The Morgan fingerprint density at radius 1 is 1.26 bits per heavy atom. The summed E-state index contributed by atoms with van der Waals surface area (Å²) in [7, 11) is 0. The quantitative estimate of drug-likeness (QED) is 0.759. The molecule has 0 unspecified atom stereocenters. The highest BCUT2D eigenvalue weighted by molar-refractivity contribution is 5.79. The number of halogens is 1. The zero-order valence-corrected chi connectivity index (χ0v) is 14.4. The van der Waals surface area contributed by atoms with Gasteiger partial charge < -0.3 is 9.88 Å². The fourth-order valence-corrected chi connectivity index (χ4v) is 3.10. The van der Waals surface area contributed by atoms with Crippen LogP contribution in [0, 0.1) is 5.82 Å². The van der Waals surface area contributed by atoms with Crippen LogP contribution in [0.5, 0.6) is 0 Å². The monoisotopic (exact) mass is 365 g/mol. The third-order valence-electron chi connectivity index (χ3n) is 4.53. The fourth-order valence-electron chi connectivity index (χ4n) is 3.10. The van der Waals surface area contributed by atoms with Gasteiger partial charge in [0.05, 0.1) is 30.4 Å². The molecule has 4 rings (SSSR count). The standard InChI is InChI=1S/C19H16FN5O2/c20-14-4-2-1-3-12(14)9-17(26)25-8-5-15-13(11-25)19(27)24-18(23-15)16-10-21-6-7-22-16/h1-4,6-7,10H,5,8-9,11H2,(H,23,24,27). The molecular formula is C19H16FN5O2. The molecule has 3 aromatic rings. The van der Waals surface area contributed by atoms with E-state index >= 15 is 0 Å². The Hall–Kier alpha value is -3.42. The summed E-state index contributed by atoms with van der Waals surface area (Å²) in [5.41, 5.74) is 1.63. The fraction of sp³-hybridized carbons (Fsp3) is 0.211. The second kappa shape index (κ2) is 7.06. The number of carbonyl (C=O) groups is 1. The summed E-state index contributed by atoms with van der Waals surface area (Å²) < 4.78 is 13.8. The zero-order chi connectivity index (χ0) is 18.8. The number of nitrogens with zero attached hydrogens (tertiary/aromatic N) is 4. The van der Waals surface area contributed by atoms with E-state index in [0.717, 1.165) is 0 Å². The molecule has 1 aliphatic rings. The van der Waals surface area contributed by atoms with Gasteiger partial charge in [0, 0.05) is 25.4 Å². The van der Waals surface area contributed by atoms with Crippen LogP contribution in [0.15, 0.2) is 47.7 Å². The smallest absolute Gasteiger partial charge is 0.256 e. The van der Waals surface area contributed by atoms with Gasteiger partial charge in [0.25, 0.3) is 5.56 Å². The highest BCUT2D eigenvalue weighted by Gasteiger charge is 2.25. The van der Waals surface area contributed by atoms with Crippen LogP contribution in [-0.4, -0.2) is 37.3 Å². The lowest BCUT2D eigenvalue weighted by Crippen LogP contribution is -2.40. The lowest BCUT2D eigenvalue weighted by molar-refractivity contribution is -0.131. The number of rotatable bonds is 3. The number of fused-ring (bicyclic) bond motifs is 1. The predicted molar refractivity (Wildman–Crippen MR) is 95.1 cm³/mol. The van der Waals surface area contributed by atoms with Crippen LogP contribution in [0.25, 0.3) is 11.5 Å². The molecule has 1 N–H and O–H groups in total. The van der Waals surface area contributed by atoms with E-state index in [2.05, 4.69) is 19.9 Å². The van der Waals surface area contributed by atoms with Crippen LogP contribution in [0.2, 0.25) is 0 Å². The Morgan fingerprint density at radius 3 is 2.89 bits per heavy atom. The first-order valence-electron chi connectivity index (χ1n) is 8.51. The molecule has 1 aromatic carbocycles. The number of aromatic amines is 1. The van der Waals surface area contributed by atoms with Gasteiger partial charge in [-0.1, -0.05) is 18.2 Å². The molecule has 0 saturated carbocycles. The van der Waals surface area contributed by atoms with Crippen molar-refractivity contribution < 1.29 is 9.18 Å². The number of nitrogens with one attached hydrogen (secondary N) is 1. The summed E-state index contributed by atoms with van der Waals surface area (Å²) in [6.07, 6.45) is 5.01. The zero-order valence-electron chi connectivity index (χ0n) is 14.4. The normalized spacial score (nSPS) is 13.3. The topological polar surface area (TPSA) is 91.8 Å². The van der Waals surface area contributed by atoms with Crippen LogP contribution < -0.4 is 5.56 Å². The number of hydrogen-bond donors (Lipinski definition) is 1. The molecule has 1 amide bonds. The summed E-state index contributed by atoms with van der Waals surface area (Å²) >= 11 is 0. The van der Waals surface area contributed by atoms with Crippen molar-refractivity contribution in [2.75, 3.05) is 6.54 Å². The number of amides is 1. The van der Waals surface area contributed by atoms with E-state index in [-0.39, 0.29) is 24.4 Å². The van der Waals surface area contributed by atoms with E-state index < -0.39 is 5.82 Å². The SMILES string of the molecule is O=C(Cc1ccccc1F)N1CCc2nc(-c3cnccn3)[nH]c(=O)c2C1. The first kappa shape index (κ1) is 17.0. The second-order valence-corrected chi connectivity index (χ2v) is 6.26. The van der Waals surface area contributed by atoms with Crippen molar-refractivity contribution in [2.45, 2.75) is 19.4 Å². The number of H-pyrrole nitrogens is 1. The second-order valence-electron chi connectivity index (χ2n) is 6.26. The molecule has 3 heterocycles. The summed E-state index contributed by atoms with van der Waals surface area (Å²) in [6, 6.07) is 6.20. The maximum Gasteiger partial charge on any atom is 0.256 e. The van der Waals surface area contributed by atoms with Crippen LogP contribution >= 0.6 is 0 Å². The Balaban J connectivity index is 1.56. The molecule has 0 atom stereocenters. The number of aromatic nitrogens is 4. The minimum atomic E-state index is -0.406. The van der Waals surface area contributed by atoms with E-state index in [0.29, 0.717) is 41.3 Å². The third kappa shape index (κ3) is 3.46. The maximum absolute atomic E-state index is 13.8. The van der Waals surface area contributed by atoms with Crippen molar-refractivity contribution in [2.24, 2.45) is 0 Å². The van der Waals surface area contributed by atoms with Crippen molar-refractivity contribution in [1.29, 1.82) is 0 Å². The molecule has 7 nitrogen and oxygen atoms in total. The number of carbonyl (C=O) groups excluding carboxylic acids is 1. The van der Waals surface area contributed by atoms with Crippen LogP contribution in [0.3, 0.4) is 0 Å². The lowest BCUT2D eigenvalue weighted by Gasteiger charge is -2.28. The molecule has 0 radical (unpaired) electrons. The minimum absolute atomic E-state index is 0.0367. The summed E-state index contributed by atoms with van der Waals surface area (Å²) in [5.74, 6) is -0.266. The molecule has 0 spiro atoms. The molecule has 27 heavy (non-hydrogen) atoms. The van der Waals surface area contributed by atoms with Crippen LogP contribution in [-0.2, 0) is 24.2 Å². The van der Waals surface area contributed by atoms with Gasteiger partial charge in [-0.25, -0.2) is 14.4 Å². The summed E-state index contributed by atoms with van der Waals surface area (Å²) in [6.45, 7) is 0.586. The molecule has 1 aliphatic heterocycles. The van der Waals surface area contributed by atoms with Crippen molar-refractivity contribution >= 4 is 5.91 Å². The van der Waals surface area contributed by atoms with Gasteiger partial charge in [0.1, 0.15) is 11.5 Å². The van der Waals surface area contributed by atoms with Crippen molar-refractivity contribution in [3.63, 3.8) is 0 Å². The first-order valence-corrected chi connectivity index (χ1v) is 8.51. The van der Waals surface area contributed by atoms with Gasteiger partial charge in [-0.05, 0) is 11.6 Å². The Kier molecular flexibility index (Phi) is 4.45. The van der Waals surface area contributed by atoms with Crippen molar-refractivity contribution in [3.8, 4) is 11.5 Å². The Bertz CT molecular complexity index is 1050. The third-order valence-corrected chi connectivity index (χ3v) is 4.53. The Morgan fingerprint density at radius 2 is 2.11 bits per heavy atom. The summed E-state index contributed by atoms with van der Waals surface area (Å²) in [5, 5.41) is 0. The van der Waals surface area contributed by atoms with Gasteiger partial charge in [0.2, 0.25) is 5.91 Å². The van der Waals surface area contributed by atoms with E-state index in [1.165, 1.54) is 18.5 Å².